The molecule has 3 aromatic rings. The summed E-state index contributed by atoms with van der Waals surface area (Å²) >= 11 is 0. The van der Waals surface area contributed by atoms with Gasteiger partial charge in [0.2, 0.25) is 0 Å². The van der Waals surface area contributed by atoms with Crippen LogP contribution < -0.4 is 0 Å². The summed E-state index contributed by atoms with van der Waals surface area (Å²) in [5, 5.41) is 4.66. The summed E-state index contributed by atoms with van der Waals surface area (Å²) in [5.74, 6) is 1.43. The van der Waals surface area contributed by atoms with Crippen molar-refractivity contribution in [1.82, 2.24) is 19.7 Å². The summed E-state index contributed by atoms with van der Waals surface area (Å²) in [5.41, 5.74) is 1.40. The van der Waals surface area contributed by atoms with Gasteiger partial charge in [-0.2, -0.15) is 5.10 Å². The third kappa shape index (κ3) is 3.75. The van der Waals surface area contributed by atoms with E-state index in [1.165, 1.54) is 12.1 Å². The molecule has 1 aliphatic heterocycles. The molecule has 1 aliphatic rings. The summed E-state index contributed by atoms with van der Waals surface area (Å²) < 4.78 is 25.3. The van der Waals surface area contributed by atoms with Gasteiger partial charge < -0.3 is 4.90 Å². The number of hydrogen-bond acceptors (Lipinski definition) is 5. The predicted octanol–water partition coefficient (Wildman–Crippen LogP) is 3.20. The molecule has 0 saturated carbocycles. The Hall–Kier alpha value is -3.00. The second kappa shape index (κ2) is 7.68. The highest BCUT2D eigenvalue weighted by atomic mass is 32.2. The summed E-state index contributed by atoms with van der Waals surface area (Å²) in [6, 6.07) is 15.7. The summed E-state index contributed by atoms with van der Waals surface area (Å²) in [6.45, 7) is 5.19. The zero-order valence-electron chi connectivity index (χ0n) is 17.2. The van der Waals surface area contributed by atoms with Crippen LogP contribution in [0, 0.1) is 5.92 Å². The minimum Gasteiger partial charge on any atom is -0.326 e. The van der Waals surface area contributed by atoms with Crippen molar-refractivity contribution in [1.29, 1.82) is 0 Å². The number of aromatic nitrogens is 3. The second-order valence-corrected chi connectivity index (χ2v) is 9.88. The fraction of sp³-hybridized carbons (Fsp3) is 0.318. The molecule has 4 rings (SSSR count). The number of hydrogen-bond donors (Lipinski definition) is 0. The van der Waals surface area contributed by atoms with E-state index in [1.54, 1.807) is 12.1 Å². The maximum atomic E-state index is 13.3. The lowest BCUT2D eigenvalue weighted by molar-refractivity contribution is 0.0536. The van der Waals surface area contributed by atoms with Crippen LogP contribution in [0.1, 0.15) is 36.1 Å². The fourth-order valence-electron chi connectivity index (χ4n) is 3.82. The molecule has 0 radical (unpaired) electrons. The van der Waals surface area contributed by atoms with Crippen LogP contribution in [-0.2, 0) is 16.4 Å². The van der Waals surface area contributed by atoms with Crippen molar-refractivity contribution in [2.24, 2.45) is 5.92 Å². The molecule has 0 fully saturated rings. The Bertz CT molecular complexity index is 1170. The molecule has 30 heavy (non-hydrogen) atoms. The van der Waals surface area contributed by atoms with Crippen LogP contribution >= 0.6 is 0 Å². The molecule has 8 heteroatoms. The van der Waals surface area contributed by atoms with E-state index in [9.17, 15) is 13.2 Å². The molecular formula is C22H24N4O3S. The van der Waals surface area contributed by atoms with E-state index in [0.29, 0.717) is 24.5 Å². The number of fused-ring (bicyclic) bond motifs is 1. The molecule has 0 unspecified atom stereocenters. The topological polar surface area (TPSA) is 85.2 Å². The first-order valence-electron chi connectivity index (χ1n) is 9.87. The van der Waals surface area contributed by atoms with Gasteiger partial charge in [-0.15, -0.1) is 0 Å². The van der Waals surface area contributed by atoms with Gasteiger partial charge in [-0.05, 0) is 30.2 Å². The third-order valence-electron chi connectivity index (χ3n) is 5.31. The molecule has 0 spiro atoms. The van der Waals surface area contributed by atoms with Crippen LogP contribution in [0.25, 0.3) is 11.4 Å². The molecule has 7 nitrogen and oxygen atoms in total. The number of sulfone groups is 1. The van der Waals surface area contributed by atoms with Crippen molar-refractivity contribution in [2.75, 3.05) is 12.8 Å². The molecule has 0 bridgehead atoms. The minimum atomic E-state index is -3.30. The minimum absolute atomic E-state index is 0.135. The van der Waals surface area contributed by atoms with Crippen molar-refractivity contribution in [3.05, 3.63) is 66.0 Å². The van der Waals surface area contributed by atoms with Crippen molar-refractivity contribution in [2.45, 2.75) is 31.3 Å². The van der Waals surface area contributed by atoms with Gasteiger partial charge in [0.05, 0.1) is 17.5 Å². The number of carbonyl (C=O) groups excluding carboxylic acids is 1. The first-order chi connectivity index (χ1) is 14.3. The Kier molecular flexibility index (Phi) is 5.19. The zero-order valence-corrected chi connectivity index (χ0v) is 18.0. The van der Waals surface area contributed by atoms with Gasteiger partial charge >= 0.3 is 0 Å². The van der Waals surface area contributed by atoms with Gasteiger partial charge in [-0.3, -0.25) is 4.79 Å². The number of nitrogens with zero attached hydrogens (tertiary/aromatic N) is 4. The molecule has 2 aromatic carbocycles. The quantitative estimate of drug-likeness (QED) is 0.642. The monoisotopic (exact) mass is 424 g/mol. The molecule has 1 atom stereocenters. The van der Waals surface area contributed by atoms with Crippen LogP contribution in [0.3, 0.4) is 0 Å². The molecular weight excluding hydrogens is 400 g/mol. The Balaban J connectivity index is 1.67. The molecule has 0 N–H and O–H groups in total. The van der Waals surface area contributed by atoms with E-state index < -0.39 is 9.84 Å². The number of carbonyl (C=O) groups is 1. The number of benzene rings is 2. The summed E-state index contributed by atoms with van der Waals surface area (Å²) in [6.07, 6.45) is 1.15. The number of rotatable bonds is 4. The lowest BCUT2D eigenvalue weighted by Gasteiger charge is -2.37. The molecule has 0 saturated heterocycles. The van der Waals surface area contributed by atoms with Gasteiger partial charge in [0.1, 0.15) is 0 Å². The largest absolute Gasteiger partial charge is 0.326 e. The number of amides is 1. The van der Waals surface area contributed by atoms with E-state index in [2.05, 4.69) is 18.9 Å². The smallest absolute Gasteiger partial charge is 0.254 e. The van der Waals surface area contributed by atoms with Gasteiger partial charge in [0, 0.05) is 23.9 Å². The third-order valence-corrected chi connectivity index (χ3v) is 6.44. The van der Waals surface area contributed by atoms with Crippen molar-refractivity contribution in [3.8, 4) is 11.4 Å². The first-order valence-corrected chi connectivity index (χ1v) is 11.8. The average Bonchev–Trinajstić information content (AvgIpc) is 3.16. The van der Waals surface area contributed by atoms with Crippen LogP contribution in [0.4, 0.5) is 0 Å². The van der Waals surface area contributed by atoms with Crippen molar-refractivity contribution in [3.63, 3.8) is 0 Å². The molecule has 1 aromatic heterocycles. The standard InChI is InChI=1S/C22H24N4O3S/c1-15(2)19-21-23-20(16-7-5-4-6-8-16)24-26(21)14-13-25(19)22(27)17-9-11-18(12-10-17)30(3,28)29/h4-12,15,19H,13-14H2,1-3H3/t19-/m0/s1. The predicted molar refractivity (Wildman–Crippen MR) is 114 cm³/mol. The first kappa shape index (κ1) is 20.3. The maximum Gasteiger partial charge on any atom is 0.254 e. The van der Waals surface area contributed by atoms with Gasteiger partial charge in [-0.1, -0.05) is 44.2 Å². The van der Waals surface area contributed by atoms with E-state index in [4.69, 9.17) is 4.98 Å². The molecule has 156 valence electrons. The van der Waals surface area contributed by atoms with Gasteiger partial charge in [0.25, 0.3) is 5.91 Å². The summed E-state index contributed by atoms with van der Waals surface area (Å²) in [7, 11) is -3.30. The Morgan fingerprint density at radius 1 is 1.03 bits per heavy atom. The SMILES string of the molecule is CC(C)[C@H]1c2nc(-c3ccccc3)nn2CCN1C(=O)c1ccc(S(C)(=O)=O)cc1. The molecule has 1 amide bonds. The van der Waals surface area contributed by atoms with Gasteiger partial charge in [-0.25, -0.2) is 18.1 Å². The van der Waals surface area contributed by atoms with E-state index in [0.717, 1.165) is 17.6 Å². The fourth-order valence-corrected chi connectivity index (χ4v) is 4.45. The second-order valence-electron chi connectivity index (χ2n) is 7.87. The zero-order chi connectivity index (χ0) is 21.5. The van der Waals surface area contributed by atoms with Crippen molar-refractivity contribution < 1.29 is 13.2 Å². The van der Waals surface area contributed by atoms with Crippen LogP contribution in [0.2, 0.25) is 0 Å². The summed E-state index contributed by atoms with van der Waals surface area (Å²) in [4.78, 5) is 20.1. The normalized spacial score (nSPS) is 16.5. The van der Waals surface area contributed by atoms with E-state index in [-0.39, 0.29) is 22.8 Å². The average molecular weight is 425 g/mol. The Labute approximate surface area is 176 Å². The van der Waals surface area contributed by atoms with Crippen LogP contribution in [-0.4, -0.2) is 46.8 Å². The molecule has 2 heterocycles. The van der Waals surface area contributed by atoms with E-state index >= 15 is 0 Å². The highest BCUT2D eigenvalue weighted by Gasteiger charge is 2.36. The van der Waals surface area contributed by atoms with Crippen LogP contribution in [0.15, 0.2) is 59.5 Å². The lowest BCUT2D eigenvalue weighted by Crippen LogP contribution is -2.44. The maximum absolute atomic E-state index is 13.3. The van der Waals surface area contributed by atoms with E-state index in [1.807, 2.05) is 39.9 Å². The highest BCUT2D eigenvalue weighted by Crippen LogP contribution is 2.33. The van der Waals surface area contributed by atoms with Crippen molar-refractivity contribution >= 4 is 15.7 Å². The molecule has 0 aliphatic carbocycles. The lowest BCUT2D eigenvalue weighted by atomic mass is 9.98. The van der Waals surface area contributed by atoms with Gasteiger partial charge in [0.15, 0.2) is 21.5 Å². The highest BCUT2D eigenvalue weighted by molar-refractivity contribution is 7.90. The van der Waals surface area contributed by atoms with Crippen LogP contribution in [0.5, 0.6) is 0 Å². The Morgan fingerprint density at radius 2 is 1.70 bits per heavy atom. The Morgan fingerprint density at radius 3 is 2.30 bits per heavy atom.